The highest BCUT2D eigenvalue weighted by Crippen LogP contribution is 2.17. The Hall–Kier alpha value is -1.89. The first-order chi connectivity index (χ1) is 12.5. The van der Waals surface area contributed by atoms with E-state index < -0.39 is 6.04 Å². The van der Waals surface area contributed by atoms with Gasteiger partial charge in [0.15, 0.2) is 0 Å². The molecule has 1 unspecified atom stereocenters. The number of hydrogen-bond acceptors (Lipinski definition) is 3. The van der Waals surface area contributed by atoms with Crippen LogP contribution in [0.25, 0.3) is 0 Å². The lowest BCUT2D eigenvalue weighted by Crippen LogP contribution is -2.55. The van der Waals surface area contributed by atoms with Gasteiger partial charge in [-0.25, -0.2) is 0 Å². The third-order valence-corrected chi connectivity index (χ3v) is 5.03. The molecule has 1 saturated heterocycles. The maximum absolute atomic E-state index is 12.8. The lowest BCUT2D eigenvalue weighted by molar-refractivity contribution is -0.138. The molecular weight excluding hydrogens is 430 g/mol. The molecule has 1 N–H and O–H groups in total. The predicted molar refractivity (Wildman–Crippen MR) is 113 cm³/mol. The van der Waals surface area contributed by atoms with Gasteiger partial charge in [-0.1, -0.05) is 46.3 Å². The SMILES string of the molecule is CN(C(=O)CC1NCCN(Cc2cccc(Br)c2)C1=O)c1ccccc1.Cl. The van der Waals surface area contributed by atoms with Crippen LogP contribution in [0.5, 0.6) is 0 Å². The summed E-state index contributed by atoms with van der Waals surface area (Å²) in [5.74, 6) is -0.0996. The van der Waals surface area contributed by atoms with Crippen LogP contribution in [0.1, 0.15) is 12.0 Å². The molecule has 1 aliphatic rings. The van der Waals surface area contributed by atoms with Gasteiger partial charge in [0.1, 0.15) is 0 Å². The molecule has 2 aromatic rings. The van der Waals surface area contributed by atoms with Crippen molar-refractivity contribution in [3.63, 3.8) is 0 Å². The van der Waals surface area contributed by atoms with Crippen LogP contribution >= 0.6 is 28.3 Å². The summed E-state index contributed by atoms with van der Waals surface area (Å²) in [6.07, 6.45) is 0.152. The Bertz CT molecular complexity index is 788. The van der Waals surface area contributed by atoms with Crippen molar-refractivity contribution in [2.45, 2.75) is 19.0 Å². The normalized spacial score (nSPS) is 16.6. The van der Waals surface area contributed by atoms with Gasteiger partial charge in [0, 0.05) is 36.8 Å². The topological polar surface area (TPSA) is 52.7 Å². The second-order valence-electron chi connectivity index (χ2n) is 6.39. The van der Waals surface area contributed by atoms with Crippen molar-refractivity contribution < 1.29 is 9.59 Å². The molecule has 144 valence electrons. The van der Waals surface area contributed by atoms with Gasteiger partial charge >= 0.3 is 0 Å². The van der Waals surface area contributed by atoms with E-state index >= 15 is 0 Å². The first kappa shape index (κ1) is 21.4. The lowest BCUT2D eigenvalue weighted by atomic mass is 10.1. The number of nitrogens with one attached hydrogen (secondary N) is 1. The van der Waals surface area contributed by atoms with Crippen LogP contribution in [0.3, 0.4) is 0 Å². The minimum atomic E-state index is -0.477. The summed E-state index contributed by atoms with van der Waals surface area (Å²) in [5, 5.41) is 3.19. The summed E-state index contributed by atoms with van der Waals surface area (Å²) >= 11 is 3.46. The van der Waals surface area contributed by atoms with Crippen LogP contribution < -0.4 is 10.2 Å². The zero-order valence-electron chi connectivity index (χ0n) is 15.1. The summed E-state index contributed by atoms with van der Waals surface area (Å²) in [6, 6.07) is 16.9. The van der Waals surface area contributed by atoms with E-state index in [1.807, 2.05) is 59.5 Å². The lowest BCUT2D eigenvalue weighted by Gasteiger charge is -2.33. The summed E-state index contributed by atoms with van der Waals surface area (Å²) < 4.78 is 0.994. The van der Waals surface area contributed by atoms with Gasteiger partial charge in [-0.3, -0.25) is 9.59 Å². The van der Waals surface area contributed by atoms with Crippen LogP contribution in [0.4, 0.5) is 5.69 Å². The zero-order chi connectivity index (χ0) is 18.5. The Morgan fingerprint density at radius 1 is 1.22 bits per heavy atom. The summed E-state index contributed by atoms with van der Waals surface area (Å²) in [5.41, 5.74) is 1.90. The van der Waals surface area contributed by atoms with Gasteiger partial charge in [0.05, 0.1) is 12.5 Å². The summed E-state index contributed by atoms with van der Waals surface area (Å²) in [4.78, 5) is 28.8. The van der Waals surface area contributed by atoms with Crippen LogP contribution in [0.15, 0.2) is 59.1 Å². The molecule has 1 fully saturated rings. The number of anilines is 1. The molecule has 7 heteroatoms. The van der Waals surface area contributed by atoms with Gasteiger partial charge in [0.25, 0.3) is 0 Å². The number of para-hydroxylation sites is 1. The minimum absolute atomic E-state index is 0. The standard InChI is InChI=1S/C20H22BrN3O2.ClH/c1-23(17-8-3-2-4-9-17)19(25)13-18-20(26)24(11-10-22-18)14-15-6-5-7-16(21)12-15;/h2-9,12,18,22H,10-11,13-14H2,1H3;1H. The average Bonchev–Trinajstić information content (AvgIpc) is 2.65. The largest absolute Gasteiger partial charge is 0.336 e. The van der Waals surface area contributed by atoms with Gasteiger partial charge in [-0.15, -0.1) is 12.4 Å². The minimum Gasteiger partial charge on any atom is -0.336 e. The maximum atomic E-state index is 12.8. The summed E-state index contributed by atoms with van der Waals surface area (Å²) in [7, 11) is 1.74. The quantitative estimate of drug-likeness (QED) is 0.758. The van der Waals surface area contributed by atoms with E-state index in [0.29, 0.717) is 19.6 Å². The maximum Gasteiger partial charge on any atom is 0.240 e. The number of amides is 2. The Morgan fingerprint density at radius 2 is 1.96 bits per heavy atom. The van der Waals surface area contributed by atoms with Crippen LogP contribution in [0.2, 0.25) is 0 Å². The Morgan fingerprint density at radius 3 is 2.67 bits per heavy atom. The molecule has 3 rings (SSSR count). The molecule has 5 nitrogen and oxygen atoms in total. The van der Waals surface area contributed by atoms with E-state index in [-0.39, 0.29) is 30.6 Å². The summed E-state index contributed by atoms with van der Waals surface area (Å²) in [6.45, 7) is 1.89. The first-order valence-electron chi connectivity index (χ1n) is 8.63. The number of piperazine rings is 1. The van der Waals surface area contributed by atoms with E-state index in [0.717, 1.165) is 15.7 Å². The number of carbonyl (C=O) groups excluding carboxylic acids is 2. The van der Waals surface area contributed by atoms with E-state index in [1.165, 1.54) is 0 Å². The van der Waals surface area contributed by atoms with Gasteiger partial charge < -0.3 is 15.1 Å². The number of halogens is 2. The van der Waals surface area contributed by atoms with Crippen molar-refractivity contribution in [1.29, 1.82) is 0 Å². The molecular formula is C20H23BrClN3O2. The highest BCUT2D eigenvalue weighted by Gasteiger charge is 2.31. The Kier molecular flexibility index (Phi) is 7.83. The fraction of sp³-hybridized carbons (Fsp3) is 0.300. The molecule has 0 radical (unpaired) electrons. The van der Waals surface area contributed by atoms with Gasteiger partial charge in [-0.2, -0.15) is 0 Å². The van der Waals surface area contributed by atoms with E-state index in [2.05, 4.69) is 21.2 Å². The molecule has 2 amide bonds. The molecule has 0 spiro atoms. The van der Waals surface area contributed by atoms with Crippen LogP contribution in [-0.2, 0) is 16.1 Å². The number of benzene rings is 2. The first-order valence-corrected chi connectivity index (χ1v) is 9.42. The molecule has 1 heterocycles. The van der Waals surface area contributed by atoms with E-state index in [9.17, 15) is 9.59 Å². The average molecular weight is 453 g/mol. The molecule has 1 aliphatic heterocycles. The van der Waals surface area contributed by atoms with Crippen LogP contribution in [0, 0.1) is 0 Å². The van der Waals surface area contributed by atoms with Crippen molar-refractivity contribution in [3.05, 3.63) is 64.6 Å². The van der Waals surface area contributed by atoms with Gasteiger partial charge in [0.2, 0.25) is 11.8 Å². The number of rotatable bonds is 5. The fourth-order valence-electron chi connectivity index (χ4n) is 3.07. The third-order valence-electron chi connectivity index (χ3n) is 4.54. The Balaban J connectivity index is 0.00000261. The molecule has 1 atom stereocenters. The monoisotopic (exact) mass is 451 g/mol. The highest BCUT2D eigenvalue weighted by molar-refractivity contribution is 9.10. The molecule has 0 bridgehead atoms. The number of carbonyl (C=O) groups is 2. The van der Waals surface area contributed by atoms with E-state index in [4.69, 9.17) is 0 Å². The second-order valence-corrected chi connectivity index (χ2v) is 7.30. The van der Waals surface area contributed by atoms with Crippen molar-refractivity contribution in [3.8, 4) is 0 Å². The Labute approximate surface area is 174 Å². The second kappa shape index (κ2) is 9.88. The molecule has 0 aliphatic carbocycles. The van der Waals surface area contributed by atoms with Gasteiger partial charge in [-0.05, 0) is 29.8 Å². The predicted octanol–water partition coefficient (Wildman–Crippen LogP) is 3.22. The molecule has 27 heavy (non-hydrogen) atoms. The number of nitrogens with zero attached hydrogens (tertiary/aromatic N) is 2. The molecule has 2 aromatic carbocycles. The smallest absolute Gasteiger partial charge is 0.240 e. The van der Waals surface area contributed by atoms with Crippen molar-refractivity contribution in [2.24, 2.45) is 0 Å². The molecule has 0 aromatic heterocycles. The highest BCUT2D eigenvalue weighted by atomic mass is 79.9. The van der Waals surface area contributed by atoms with Crippen molar-refractivity contribution >= 4 is 45.8 Å². The molecule has 0 saturated carbocycles. The zero-order valence-corrected chi connectivity index (χ0v) is 17.5. The number of hydrogen-bond donors (Lipinski definition) is 1. The fourth-order valence-corrected chi connectivity index (χ4v) is 3.52. The van der Waals surface area contributed by atoms with Crippen LogP contribution in [-0.4, -0.2) is 42.9 Å². The van der Waals surface area contributed by atoms with Crippen molar-refractivity contribution in [1.82, 2.24) is 10.2 Å². The van der Waals surface area contributed by atoms with E-state index in [1.54, 1.807) is 11.9 Å². The third kappa shape index (κ3) is 5.54. The van der Waals surface area contributed by atoms with Crippen molar-refractivity contribution in [2.75, 3.05) is 25.0 Å².